The summed E-state index contributed by atoms with van der Waals surface area (Å²) in [5.41, 5.74) is 2.83. The van der Waals surface area contributed by atoms with Crippen molar-refractivity contribution in [3.63, 3.8) is 0 Å². The number of aromatic nitrogens is 1. The third kappa shape index (κ3) is 5.92. The average molecular weight is 487 g/mol. The standard InChI is InChI=1S/C21H18N4O5.BrH/c1-2-30-21(27)19(24-12-11-16-5-3-4-6-17(16)14-24)20(26)23-22-13-15-7-9-18(10-8-15)25(28)29;/h3-14,19H,2H2,1H3;1H/b22-13+;. The van der Waals surface area contributed by atoms with Crippen molar-refractivity contribution in [2.45, 2.75) is 13.0 Å². The Balaban J connectivity index is 0.00000341. The van der Waals surface area contributed by atoms with Crippen molar-refractivity contribution in [3.05, 3.63) is 82.7 Å². The van der Waals surface area contributed by atoms with E-state index in [0.717, 1.165) is 10.8 Å². The molecule has 0 radical (unpaired) electrons. The van der Waals surface area contributed by atoms with E-state index in [-0.39, 0.29) is 29.3 Å². The van der Waals surface area contributed by atoms with E-state index in [1.807, 2.05) is 24.3 Å². The molecule has 2 aromatic carbocycles. The van der Waals surface area contributed by atoms with E-state index < -0.39 is 22.8 Å². The first kappa shape index (κ1) is 23.6. The zero-order valence-electron chi connectivity index (χ0n) is 16.5. The molecule has 0 bridgehead atoms. The Morgan fingerprint density at radius 2 is 1.84 bits per heavy atom. The topological polar surface area (TPSA) is 115 Å². The molecule has 0 aliphatic rings. The molecule has 0 fully saturated rings. The summed E-state index contributed by atoms with van der Waals surface area (Å²) in [5.74, 6) is -1.38. The zero-order chi connectivity index (χ0) is 21.5. The number of benzene rings is 2. The number of hydrazone groups is 1. The SMILES string of the molecule is CCOC(=O)C(C(=O)N/N=C/c1ccc([N+](=O)[O-])cc1)[n+]1ccc2ccccc2c1.[Br-]. The molecule has 3 aromatic rings. The summed E-state index contributed by atoms with van der Waals surface area (Å²) in [6.45, 7) is 1.79. The molecule has 0 aliphatic carbocycles. The highest BCUT2D eigenvalue weighted by atomic mass is 79.9. The number of non-ortho nitro benzene ring substituents is 1. The molecule has 1 amide bonds. The van der Waals surface area contributed by atoms with Gasteiger partial charge in [-0.1, -0.05) is 18.2 Å². The molecular formula is C21H19BrN4O5. The number of pyridine rings is 1. The maximum absolute atomic E-state index is 12.7. The summed E-state index contributed by atoms with van der Waals surface area (Å²) in [6, 6.07) is 13.7. The van der Waals surface area contributed by atoms with Gasteiger partial charge in [-0.05, 0) is 36.1 Å². The minimum Gasteiger partial charge on any atom is -1.00 e. The number of halogens is 1. The van der Waals surface area contributed by atoms with Gasteiger partial charge in [-0.3, -0.25) is 14.9 Å². The van der Waals surface area contributed by atoms with Crippen molar-refractivity contribution in [1.82, 2.24) is 5.43 Å². The fourth-order valence-corrected chi connectivity index (χ4v) is 2.81. The maximum atomic E-state index is 12.7. The van der Waals surface area contributed by atoms with Crippen LogP contribution in [-0.2, 0) is 14.3 Å². The van der Waals surface area contributed by atoms with E-state index in [4.69, 9.17) is 4.74 Å². The summed E-state index contributed by atoms with van der Waals surface area (Å²) < 4.78 is 6.52. The second kappa shape index (κ2) is 10.9. The lowest BCUT2D eigenvalue weighted by molar-refractivity contribution is -0.696. The van der Waals surface area contributed by atoms with Gasteiger partial charge in [0.2, 0.25) is 0 Å². The summed E-state index contributed by atoms with van der Waals surface area (Å²) in [6.07, 6.45) is 4.65. The largest absolute Gasteiger partial charge is 1.00 e. The number of nitro benzene ring substituents is 1. The lowest BCUT2D eigenvalue weighted by Gasteiger charge is -2.10. The number of nitrogens with one attached hydrogen (secondary N) is 1. The van der Waals surface area contributed by atoms with Gasteiger partial charge in [0.25, 0.3) is 5.69 Å². The van der Waals surface area contributed by atoms with Crippen LogP contribution in [0.15, 0.2) is 72.1 Å². The molecule has 1 aromatic heterocycles. The van der Waals surface area contributed by atoms with Crippen molar-refractivity contribution < 1.29 is 40.8 Å². The van der Waals surface area contributed by atoms with Crippen molar-refractivity contribution >= 4 is 34.6 Å². The molecule has 0 aliphatic heterocycles. The Bertz CT molecular complexity index is 1120. The highest BCUT2D eigenvalue weighted by Crippen LogP contribution is 2.12. The second-order valence-corrected chi connectivity index (χ2v) is 6.26. The van der Waals surface area contributed by atoms with E-state index in [0.29, 0.717) is 5.56 Å². The van der Waals surface area contributed by atoms with Gasteiger partial charge in [0.15, 0.2) is 12.4 Å². The first-order chi connectivity index (χ1) is 14.5. The Hall–Kier alpha value is -3.66. The van der Waals surface area contributed by atoms with Gasteiger partial charge in [0.1, 0.15) is 0 Å². The summed E-state index contributed by atoms with van der Waals surface area (Å²) in [5, 5.41) is 16.4. The predicted octanol–water partition coefficient (Wildman–Crippen LogP) is -0.706. The summed E-state index contributed by atoms with van der Waals surface area (Å²) in [4.78, 5) is 35.3. The van der Waals surface area contributed by atoms with Crippen LogP contribution in [0.5, 0.6) is 0 Å². The van der Waals surface area contributed by atoms with Crippen LogP contribution in [0.4, 0.5) is 5.69 Å². The molecular weight excluding hydrogens is 468 g/mol. The van der Waals surface area contributed by atoms with Gasteiger partial charge in [-0.15, -0.1) is 0 Å². The van der Waals surface area contributed by atoms with Crippen molar-refractivity contribution in [2.75, 3.05) is 6.61 Å². The molecule has 31 heavy (non-hydrogen) atoms. The van der Waals surface area contributed by atoms with Crippen LogP contribution in [-0.4, -0.2) is 29.6 Å². The van der Waals surface area contributed by atoms with E-state index in [1.165, 1.54) is 35.0 Å². The normalized spacial score (nSPS) is 11.5. The van der Waals surface area contributed by atoms with Gasteiger partial charge < -0.3 is 21.7 Å². The number of fused-ring (bicyclic) bond motifs is 1. The third-order valence-corrected chi connectivity index (χ3v) is 4.26. The number of esters is 1. The molecule has 9 nitrogen and oxygen atoms in total. The first-order valence-electron chi connectivity index (χ1n) is 9.13. The number of carbonyl (C=O) groups excluding carboxylic acids is 2. The van der Waals surface area contributed by atoms with Crippen molar-refractivity contribution in [1.29, 1.82) is 0 Å². The van der Waals surface area contributed by atoms with Crippen molar-refractivity contribution in [2.24, 2.45) is 5.10 Å². The van der Waals surface area contributed by atoms with Crippen LogP contribution >= 0.6 is 0 Å². The molecule has 1 atom stereocenters. The lowest BCUT2D eigenvalue weighted by Crippen LogP contribution is -3.00. The molecule has 0 saturated carbocycles. The number of amides is 1. The smallest absolute Gasteiger partial charge is 0.386 e. The quantitative estimate of drug-likeness (QED) is 0.118. The van der Waals surface area contributed by atoms with Gasteiger partial charge in [0.05, 0.1) is 17.7 Å². The van der Waals surface area contributed by atoms with Crippen molar-refractivity contribution in [3.8, 4) is 0 Å². The molecule has 0 spiro atoms. The van der Waals surface area contributed by atoms with E-state index >= 15 is 0 Å². The minimum absolute atomic E-state index is 0. The molecule has 3 rings (SSSR count). The Kier molecular flexibility index (Phi) is 8.33. The third-order valence-electron chi connectivity index (χ3n) is 4.26. The number of hydrogen-bond donors (Lipinski definition) is 1. The molecule has 1 unspecified atom stereocenters. The molecule has 1 N–H and O–H groups in total. The number of rotatable bonds is 7. The van der Waals surface area contributed by atoms with Gasteiger partial charge >= 0.3 is 17.9 Å². The molecule has 160 valence electrons. The van der Waals surface area contributed by atoms with Crippen LogP contribution < -0.4 is 27.0 Å². The molecule has 0 saturated heterocycles. The monoisotopic (exact) mass is 486 g/mol. The maximum Gasteiger partial charge on any atom is 0.386 e. The van der Waals surface area contributed by atoms with Gasteiger partial charge in [-0.2, -0.15) is 9.67 Å². The van der Waals surface area contributed by atoms with E-state index in [9.17, 15) is 19.7 Å². The lowest BCUT2D eigenvalue weighted by atomic mass is 10.1. The fraction of sp³-hybridized carbons (Fsp3) is 0.143. The van der Waals surface area contributed by atoms with Gasteiger partial charge in [-0.25, -0.2) is 10.2 Å². The fourth-order valence-electron chi connectivity index (χ4n) is 2.81. The zero-order valence-corrected chi connectivity index (χ0v) is 18.1. The van der Waals surface area contributed by atoms with Crippen LogP contribution in [0.3, 0.4) is 0 Å². The average Bonchev–Trinajstić information content (AvgIpc) is 2.74. The Morgan fingerprint density at radius 1 is 1.16 bits per heavy atom. The van der Waals surface area contributed by atoms with Crippen LogP contribution in [0.25, 0.3) is 10.8 Å². The van der Waals surface area contributed by atoms with Crippen LogP contribution in [0, 0.1) is 10.1 Å². The number of nitrogens with zero attached hydrogens (tertiary/aromatic N) is 3. The number of carbonyl (C=O) groups is 2. The Morgan fingerprint density at radius 3 is 2.48 bits per heavy atom. The highest BCUT2D eigenvalue weighted by Gasteiger charge is 2.37. The van der Waals surface area contributed by atoms with Crippen LogP contribution in [0.2, 0.25) is 0 Å². The highest BCUT2D eigenvalue weighted by molar-refractivity contribution is 5.98. The van der Waals surface area contributed by atoms with Gasteiger partial charge in [0, 0.05) is 23.6 Å². The summed E-state index contributed by atoms with van der Waals surface area (Å²) in [7, 11) is 0. The van der Waals surface area contributed by atoms with Crippen LogP contribution in [0.1, 0.15) is 18.5 Å². The van der Waals surface area contributed by atoms with E-state index in [1.54, 1.807) is 25.4 Å². The summed E-state index contributed by atoms with van der Waals surface area (Å²) >= 11 is 0. The number of ether oxygens (including phenoxy) is 1. The minimum atomic E-state index is -1.26. The number of nitro groups is 1. The molecule has 1 heterocycles. The first-order valence-corrected chi connectivity index (χ1v) is 9.13. The Labute approximate surface area is 188 Å². The van der Waals surface area contributed by atoms with E-state index in [2.05, 4.69) is 10.5 Å². The second-order valence-electron chi connectivity index (χ2n) is 6.26. The number of hydrogen-bond acceptors (Lipinski definition) is 6. The molecule has 10 heteroatoms. The predicted molar refractivity (Wildman–Crippen MR) is 109 cm³/mol.